The summed E-state index contributed by atoms with van der Waals surface area (Å²) in [7, 11) is 0. The molecule has 0 aliphatic carbocycles. The van der Waals surface area contributed by atoms with Crippen LogP contribution in [0.3, 0.4) is 0 Å². The summed E-state index contributed by atoms with van der Waals surface area (Å²) in [5.41, 5.74) is 1.58. The predicted octanol–water partition coefficient (Wildman–Crippen LogP) is 3.89. The van der Waals surface area contributed by atoms with Crippen LogP contribution in [0.4, 0.5) is 0 Å². The van der Waals surface area contributed by atoms with Crippen LogP contribution in [0.15, 0.2) is 24.3 Å². The van der Waals surface area contributed by atoms with Gasteiger partial charge in [-0.05, 0) is 29.9 Å². The number of fused-ring (bicyclic) bond motifs is 1. The van der Waals surface area contributed by atoms with Gasteiger partial charge in [-0.15, -0.1) is 0 Å². The van der Waals surface area contributed by atoms with Crippen LogP contribution in [0.25, 0.3) is 10.1 Å². The van der Waals surface area contributed by atoms with Crippen LogP contribution in [0.1, 0.15) is 23.8 Å². The van der Waals surface area contributed by atoms with E-state index in [0.29, 0.717) is 0 Å². The molecule has 68 valence electrons. The lowest BCUT2D eigenvalue weighted by Crippen LogP contribution is -1.82. The fourth-order valence-electron chi connectivity index (χ4n) is 1.83. The summed E-state index contributed by atoms with van der Waals surface area (Å²) in [5, 5.41) is 1.49. The minimum Gasteiger partial charge on any atom is -0.0651 e. The van der Waals surface area contributed by atoms with E-state index in [-0.39, 0.29) is 0 Å². The third-order valence-corrected chi connectivity index (χ3v) is 3.69. The highest BCUT2D eigenvalue weighted by atomic mass is 32.1. The lowest BCUT2D eigenvalue weighted by molar-refractivity contribution is 0.926. The van der Waals surface area contributed by atoms with Crippen molar-refractivity contribution >= 4 is 21.4 Å². The first-order valence-corrected chi connectivity index (χ1v) is 5.73. The van der Waals surface area contributed by atoms with E-state index in [0.717, 1.165) is 0 Å². The molecule has 2 aromatic rings. The monoisotopic (exact) mass is 191 g/mol. The number of thiophene rings is 1. The molecule has 1 aromatic heterocycles. The Hall–Kier alpha value is -0.820. The molecule has 0 aliphatic rings. The molecule has 1 aromatic carbocycles. The van der Waals surface area contributed by atoms with Gasteiger partial charge in [0.15, 0.2) is 4.70 Å². The summed E-state index contributed by atoms with van der Waals surface area (Å²) >= 11 is 1.42. The van der Waals surface area contributed by atoms with Crippen LogP contribution in [0, 0.1) is 6.92 Å². The Labute approximate surface area is 83.2 Å². The molecule has 0 aliphatic heterocycles. The third kappa shape index (κ3) is 1.49. The molecule has 0 fully saturated rings. The van der Waals surface area contributed by atoms with Crippen molar-refractivity contribution in [3.8, 4) is 0 Å². The highest BCUT2D eigenvalue weighted by molar-refractivity contribution is 7.19. The van der Waals surface area contributed by atoms with Gasteiger partial charge in [-0.2, -0.15) is 0 Å². The smallest absolute Gasteiger partial charge is 0.0651 e. The van der Waals surface area contributed by atoms with E-state index in [1.165, 1.54) is 34.3 Å². The number of benzene rings is 1. The SMILES string of the molecule is CCCc1c(C)[sH+]c2ccccc12. The van der Waals surface area contributed by atoms with Gasteiger partial charge in [-0.25, -0.2) is 0 Å². The summed E-state index contributed by atoms with van der Waals surface area (Å²) in [6, 6.07) is 8.77. The molecule has 0 unspecified atom stereocenters. The van der Waals surface area contributed by atoms with E-state index in [9.17, 15) is 0 Å². The molecule has 1 heteroatoms. The zero-order valence-electron chi connectivity index (χ0n) is 8.17. The maximum absolute atomic E-state index is 2.26. The Morgan fingerprint density at radius 2 is 2.00 bits per heavy atom. The average Bonchev–Trinajstić information content (AvgIpc) is 2.44. The van der Waals surface area contributed by atoms with Gasteiger partial charge >= 0.3 is 0 Å². The fourth-order valence-corrected chi connectivity index (χ4v) is 3.05. The molecule has 0 N–H and O–H groups in total. The normalized spacial score (nSPS) is 10.9. The Bertz CT molecular complexity index is 412. The van der Waals surface area contributed by atoms with Gasteiger partial charge < -0.3 is 0 Å². The van der Waals surface area contributed by atoms with Gasteiger partial charge in [0.05, 0.1) is 0 Å². The first kappa shape index (κ1) is 8.76. The van der Waals surface area contributed by atoms with Crippen molar-refractivity contribution in [2.24, 2.45) is 0 Å². The lowest BCUT2D eigenvalue weighted by atomic mass is 10.1. The van der Waals surface area contributed by atoms with Crippen molar-refractivity contribution in [2.45, 2.75) is 26.7 Å². The minimum absolute atomic E-state index is 1.23. The summed E-state index contributed by atoms with van der Waals surface area (Å²) in [6.07, 6.45) is 2.48. The van der Waals surface area contributed by atoms with Gasteiger partial charge in [-0.1, -0.05) is 25.5 Å². The second-order valence-corrected chi connectivity index (χ2v) is 4.82. The molecule has 0 radical (unpaired) electrons. The zero-order chi connectivity index (χ0) is 9.26. The average molecular weight is 191 g/mol. The van der Waals surface area contributed by atoms with E-state index in [1.807, 2.05) is 0 Å². The highest BCUT2D eigenvalue weighted by Gasteiger charge is 2.13. The Morgan fingerprint density at radius 3 is 2.77 bits per heavy atom. The van der Waals surface area contributed by atoms with Crippen LogP contribution in [-0.4, -0.2) is 0 Å². The summed E-state index contributed by atoms with van der Waals surface area (Å²) < 4.78 is 1.49. The van der Waals surface area contributed by atoms with Gasteiger partial charge in [-0.3, -0.25) is 0 Å². The van der Waals surface area contributed by atoms with Gasteiger partial charge in [0.1, 0.15) is 4.88 Å². The molecule has 1 heterocycles. The fraction of sp³-hybridized carbons (Fsp3) is 0.333. The van der Waals surface area contributed by atoms with Crippen LogP contribution in [0.2, 0.25) is 0 Å². The summed E-state index contributed by atoms with van der Waals surface area (Å²) in [6.45, 7) is 4.50. The molecule has 0 bridgehead atoms. The Kier molecular flexibility index (Phi) is 2.36. The highest BCUT2D eigenvalue weighted by Crippen LogP contribution is 2.31. The van der Waals surface area contributed by atoms with E-state index in [1.54, 1.807) is 10.4 Å². The van der Waals surface area contributed by atoms with Crippen LogP contribution < -0.4 is 0 Å². The van der Waals surface area contributed by atoms with Crippen LogP contribution in [-0.2, 0) is 6.42 Å². The molecular weight excluding hydrogens is 176 g/mol. The molecule has 0 amide bonds. The lowest BCUT2D eigenvalue weighted by Gasteiger charge is -1.93. The summed E-state index contributed by atoms with van der Waals surface area (Å²) in [5.74, 6) is 0. The van der Waals surface area contributed by atoms with Crippen molar-refractivity contribution < 1.29 is 0 Å². The van der Waals surface area contributed by atoms with Crippen molar-refractivity contribution in [1.29, 1.82) is 0 Å². The van der Waals surface area contributed by atoms with Crippen LogP contribution >= 0.6 is 11.3 Å². The Balaban J connectivity index is 2.64. The number of rotatable bonds is 2. The third-order valence-electron chi connectivity index (χ3n) is 2.45. The van der Waals surface area contributed by atoms with E-state index in [4.69, 9.17) is 0 Å². The topological polar surface area (TPSA) is 0 Å². The molecule has 0 nitrogen and oxygen atoms in total. The largest absolute Gasteiger partial charge is 0.178 e. The maximum Gasteiger partial charge on any atom is 0.178 e. The predicted molar refractivity (Wildman–Crippen MR) is 62.0 cm³/mol. The molecule has 13 heavy (non-hydrogen) atoms. The van der Waals surface area contributed by atoms with Crippen molar-refractivity contribution in [3.63, 3.8) is 0 Å². The number of aryl methyl sites for hydroxylation is 2. The standard InChI is InChI=1S/C12H14S/c1-3-6-10-9(2)13-12-8-5-4-7-11(10)12/h4-5,7-8H,3,6H2,1-2H3/p+1. The second-order valence-electron chi connectivity index (χ2n) is 3.44. The molecular formula is C12H15S+. The molecule has 0 atom stereocenters. The van der Waals surface area contributed by atoms with Crippen LogP contribution in [0.5, 0.6) is 0 Å². The maximum atomic E-state index is 2.26. The van der Waals surface area contributed by atoms with E-state index < -0.39 is 0 Å². The Morgan fingerprint density at radius 1 is 1.23 bits per heavy atom. The number of hydrogen-bond donors (Lipinski definition) is 0. The van der Waals surface area contributed by atoms with Gasteiger partial charge in [0.2, 0.25) is 0 Å². The second kappa shape index (κ2) is 3.51. The minimum atomic E-state index is 1.23. The van der Waals surface area contributed by atoms with E-state index >= 15 is 0 Å². The number of hydrogen-bond acceptors (Lipinski definition) is 0. The van der Waals surface area contributed by atoms with Crippen molar-refractivity contribution in [1.82, 2.24) is 0 Å². The summed E-state index contributed by atoms with van der Waals surface area (Å²) in [4.78, 5) is 1.54. The first-order chi connectivity index (χ1) is 6.33. The van der Waals surface area contributed by atoms with E-state index in [2.05, 4.69) is 38.1 Å². The molecule has 2 rings (SSSR count). The molecule has 0 saturated heterocycles. The van der Waals surface area contributed by atoms with Gasteiger partial charge in [0, 0.05) is 17.9 Å². The van der Waals surface area contributed by atoms with Gasteiger partial charge in [0.25, 0.3) is 0 Å². The zero-order valence-corrected chi connectivity index (χ0v) is 9.07. The first-order valence-electron chi connectivity index (χ1n) is 4.84. The molecule has 0 saturated carbocycles. The van der Waals surface area contributed by atoms with Crippen molar-refractivity contribution in [2.75, 3.05) is 0 Å². The quantitative estimate of drug-likeness (QED) is 0.632. The van der Waals surface area contributed by atoms with Crippen molar-refractivity contribution in [3.05, 3.63) is 34.7 Å². The molecule has 0 spiro atoms.